The number of rotatable bonds is 8. The Morgan fingerprint density at radius 1 is 1.11 bits per heavy atom. The molecule has 6 nitrogen and oxygen atoms in total. The summed E-state index contributed by atoms with van der Waals surface area (Å²) in [5.41, 5.74) is 2.67. The molecule has 0 atom stereocenters. The lowest BCUT2D eigenvalue weighted by Crippen LogP contribution is -2.46. The zero-order chi connectivity index (χ0) is 19.8. The molecule has 1 aliphatic heterocycles. The first-order valence-corrected chi connectivity index (χ1v) is 10.1. The predicted octanol–water partition coefficient (Wildman–Crippen LogP) is 3.34. The molecule has 1 aliphatic rings. The third-order valence-corrected chi connectivity index (χ3v) is 5.11. The highest BCUT2D eigenvalue weighted by Gasteiger charge is 2.20. The molecule has 2 heterocycles. The minimum absolute atomic E-state index is 0.0920. The number of anilines is 2. The lowest BCUT2D eigenvalue weighted by molar-refractivity contribution is 0.0948. The van der Waals surface area contributed by atoms with Gasteiger partial charge in [0.2, 0.25) is 0 Å². The van der Waals surface area contributed by atoms with E-state index in [1.165, 1.54) is 0 Å². The van der Waals surface area contributed by atoms with Gasteiger partial charge in [-0.05, 0) is 30.7 Å². The topological polar surface area (TPSA) is 57.7 Å². The number of nitrogens with one attached hydrogen (secondary N) is 1. The Balaban J connectivity index is 1.59. The zero-order valence-electron chi connectivity index (χ0n) is 16.9. The van der Waals surface area contributed by atoms with Crippen LogP contribution in [0.15, 0.2) is 42.6 Å². The van der Waals surface area contributed by atoms with E-state index in [0.717, 1.165) is 62.6 Å². The summed E-state index contributed by atoms with van der Waals surface area (Å²) in [5.74, 6) is 0.813. The smallest absolute Gasteiger partial charge is 0.269 e. The van der Waals surface area contributed by atoms with Gasteiger partial charge in [0.25, 0.3) is 5.91 Å². The number of nitrogens with zero attached hydrogens (tertiary/aromatic N) is 3. The maximum absolute atomic E-state index is 12.3. The maximum atomic E-state index is 12.3. The van der Waals surface area contributed by atoms with E-state index in [2.05, 4.69) is 33.1 Å². The minimum atomic E-state index is -0.0920. The Hall–Kier alpha value is -2.76. The van der Waals surface area contributed by atoms with E-state index in [1.54, 1.807) is 13.3 Å². The van der Waals surface area contributed by atoms with E-state index in [0.29, 0.717) is 12.2 Å². The summed E-state index contributed by atoms with van der Waals surface area (Å²) in [6.07, 6.45) is 5.00. The highest BCUT2D eigenvalue weighted by Crippen LogP contribution is 2.29. The van der Waals surface area contributed by atoms with Crippen LogP contribution in [0.1, 0.15) is 36.7 Å². The number of benzene rings is 1. The van der Waals surface area contributed by atoms with Crippen molar-refractivity contribution >= 4 is 17.3 Å². The first kappa shape index (κ1) is 20.0. The number of para-hydroxylation sites is 2. The van der Waals surface area contributed by atoms with E-state index in [9.17, 15) is 4.79 Å². The molecule has 1 aromatic carbocycles. The number of carbonyl (C=O) groups is 1. The number of pyridine rings is 1. The van der Waals surface area contributed by atoms with Gasteiger partial charge in [-0.3, -0.25) is 9.78 Å². The summed E-state index contributed by atoms with van der Waals surface area (Å²) in [6, 6.07) is 12.0. The van der Waals surface area contributed by atoms with Crippen LogP contribution in [-0.2, 0) is 0 Å². The van der Waals surface area contributed by atoms with Crippen molar-refractivity contribution in [2.75, 3.05) is 49.6 Å². The summed E-state index contributed by atoms with van der Waals surface area (Å²) < 4.78 is 5.49. The summed E-state index contributed by atoms with van der Waals surface area (Å²) in [4.78, 5) is 21.2. The quantitative estimate of drug-likeness (QED) is 0.710. The van der Waals surface area contributed by atoms with Gasteiger partial charge in [0.15, 0.2) is 0 Å². The summed E-state index contributed by atoms with van der Waals surface area (Å²) >= 11 is 0. The second kappa shape index (κ2) is 9.97. The molecule has 0 bridgehead atoms. The average Bonchev–Trinajstić information content (AvgIpc) is 2.77. The summed E-state index contributed by atoms with van der Waals surface area (Å²) in [6.45, 7) is 6.44. The molecule has 1 fully saturated rings. The molecule has 0 saturated carbocycles. The van der Waals surface area contributed by atoms with E-state index in [4.69, 9.17) is 4.74 Å². The Kier molecular flexibility index (Phi) is 7.12. The van der Waals surface area contributed by atoms with Crippen LogP contribution in [0.25, 0.3) is 0 Å². The Morgan fingerprint density at radius 2 is 1.86 bits per heavy atom. The Labute approximate surface area is 167 Å². The number of ether oxygens (including phenoxy) is 1. The lowest BCUT2D eigenvalue weighted by Gasteiger charge is -2.37. The largest absolute Gasteiger partial charge is 0.495 e. The van der Waals surface area contributed by atoms with Gasteiger partial charge in [0.1, 0.15) is 11.4 Å². The van der Waals surface area contributed by atoms with Gasteiger partial charge >= 0.3 is 0 Å². The molecule has 150 valence electrons. The maximum Gasteiger partial charge on any atom is 0.269 e. The number of methoxy groups -OCH3 is 1. The molecule has 2 aromatic rings. The highest BCUT2D eigenvalue weighted by molar-refractivity contribution is 5.93. The first-order chi connectivity index (χ1) is 13.7. The van der Waals surface area contributed by atoms with Gasteiger partial charge < -0.3 is 19.9 Å². The normalized spacial score (nSPS) is 14.1. The molecular formula is C22H30N4O2. The average molecular weight is 383 g/mol. The molecule has 1 N–H and O–H groups in total. The van der Waals surface area contributed by atoms with Crippen LogP contribution in [0.4, 0.5) is 11.4 Å². The fourth-order valence-electron chi connectivity index (χ4n) is 3.50. The molecule has 1 saturated heterocycles. The molecule has 0 unspecified atom stereocenters. The molecule has 0 aliphatic carbocycles. The monoisotopic (exact) mass is 382 g/mol. The number of unbranched alkanes of at least 4 members (excludes halogenated alkanes) is 2. The Bertz CT molecular complexity index is 773. The van der Waals surface area contributed by atoms with Crippen LogP contribution in [0.5, 0.6) is 5.75 Å². The second-order valence-electron chi connectivity index (χ2n) is 7.01. The predicted molar refractivity (Wildman–Crippen MR) is 114 cm³/mol. The Morgan fingerprint density at radius 3 is 2.61 bits per heavy atom. The number of carbonyl (C=O) groups excluding carboxylic acids is 1. The molecule has 3 rings (SSSR count). The summed E-state index contributed by atoms with van der Waals surface area (Å²) in [7, 11) is 1.71. The standard InChI is InChI=1S/C22H30N4O2/c1-3-4-7-11-24-22(27)19-17-18(10-12-23-19)25-13-15-26(16-14-25)20-8-5-6-9-21(20)28-2/h5-6,8-10,12,17H,3-4,7,11,13-16H2,1-2H3,(H,24,27). The number of piperazine rings is 1. The fourth-order valence-corrected chi connectivity index (χ4v) is 3.50. The zero-order valence-corrected chi connectivity index (χ0v) is 16.9. The van der Waals surface area contributed by atoms with Crippen molar-refractivity contribution in [3.8, 4) is 5.75 Å². The molecule has 0 spiro atoms. The van der Waals surface area contributed by atoms with Crippen LogP contribution in [-0.4, -0.2) is 50.7 Å². The molecule has 1 aromatic heterocycles. The van der Waals surface area contributed by atoms with Crippen molar-refractivity contribution in [2.45, 2.75) is 26.2 Å². The van der Waals surface area contributed by atoms with Crippen LogP contribution < -0.4 is 19.9 Å². The van der Waals surface area contributed by atoms with Crippen molar-refractivity contribution in [1.82, 2.24) is 10.3 Å². The summed E-state index contributed by atoms with van der Waals surface area (Å²) in [5, 5.41) is 2.96. The number of aromatic nitrogens is 1. The van der Waals surface area contributed by atoms with Crippen LogP contribution in [0, 0.1) is 0 Å². The van der Waals surface area contributed by atoms with Crippen molar-refractivity contribution in [2.24, 2.45) is 0 Å². The van der Waals surface area contributed by atoms with Gasteiger partial charge in [0, 0.05) is 44.6 Å². The molecule has 6 heteroatoms. The van der Waals surface area contributed by atoms with Crippen molar-refractivity contribution in [3.63, 3.8) is 0 Å². The fraction of sp³-hybridized carbons (Fsp3) is 0.455. The van der Waals surface area contributed by atoms with Crippen LogP contribution >= 0.6 is 0 Å². The third-order valence-electron chi connectivity index (χ3n) is 5.11. The first-order valence-electron chi connectivity index (χ1n) is 10.1. The number of hydrogen-bond acceptors (Lipinski definition) is 5. The third kappa shape index (κ3) is 4.94. The number of amides is 1. The van der Waals surface area contributed by atoms with Gasteiger partial charge in [-0.25, -0.2) is 0 Å². The highest BCUT2D eigenvalue weighted by atomic mass is 16.5. The number of hydrogen-bond donors (Lipinski definition) is 1. The SMILES string of the molecule is CCCCCNC(=O)c1cc(N2CCN(c3ccccc3OC)CC2)ccn1. The van der Waals surface area contributed by atoms with E-state index in [1.807, 2.05) is 30.3 Å². The molecule has 28 heavy (non-hydrogen) atoms. The van der Waals surface area contributed by atoms with E-state index >= 15 is 0 Å². The lowest BCUT2D eigenvalue weighted by atomic mass is 10.2. The second-order valence-corrected chi connectivity index (χ2v) is 7.01. The molecule has 0 radical (unpaired) electrons. The van der Waals surface area contributed by atoms with Crippen LogP contribution in [0.3, 0.4) is 0 Å². The van der Waals surface area contributed by atoms with Gasteiger partial charge in [-0.1, -0.05) is 31.9 Å². The van der Waals surface area contributed by atoms with Crippen molar-refractivity contribution in [3.05, 3.63) is 48.3 Å². The minimum Gasteiger partial charge on any atom is -0.495 e. The van der Waals surface area contributed by atoms with Gasteiger partial charge in [0.05, 0.1) is 12.8 Å². The van der Waals surface area contributed by atoms with Crippen LogP contribution in [0.2, 0.25) is 0 Å². The van der Waals surface area contributed by atoms with Crippen molar-refractivity contribution in [1.29, 1.82) is 0 Å². The van der Waals surface area contributed by atoms with E-state index in [-0.39, 0.29) is 5.91 Å². The van der Waals surface area contributed by atoms with Gasteiger partial charge in [-0.15, -0.1) is 0 Å². The molecule has 1 amide bonds. The van der Waals surface area contributed by atoms with E-state index < -0.39 is 0 Å². The van der Waals surface area contributed by atoms with Gasteiger partial charge in [-0.2, -0.15) is 0 Å². The van der Waals surface area contributed by atoms with Crippen molar-refractivity contribution < 1.29 is 9.53 Å². The molecular weight excluding hydrogens is 352 g/mol.